The van der Waals surface area contributed by atoms with Crippen LogP contribution in [0.3, 0.4) is 0 Å². The molecule has 0 atom stereocenters. The summed E-state index contributed by atoms with van der Waals surface area (Å²) in [7, 11) is 0. The first-order chi connectivity index (χ1) is 38.5. The van der Waals surface area contributed by atoms with Crippen LogP contribution in [0.1, 0.15) is 57.8 Å². The molecule has 0 unspecified atom stereocenters. The van der Waals surface area contributed by atoms with Crippen LogP contribution in [0.2, 0.25) is 0 Å². The summed E-state index contributed by atoms with van der Waals surface area (Å²) in [4.78, 5) is 72.6. The summed E-state index contributed by atoms with van der Waals surface area (Å²) < 4.78 is 32.0. The average molecular weight is 1110 g/mol. The molecule has 0 bridgehead atoms. The minimum Gasteiger partial charge on any atom is -0.486 e. The molecule has 412 valence electrons. The van der Waals surface area contributed by atoms with Gasteiger partial charge in [0.05, 0.1) is 52.4 Å². The number of piperidine rings is 2. The quantitative estimate of drug-likeness (QED) is 0.112. The van der Waals surface area contributed by atoms with E-state index in [4.69, 9.17) is 23.7 Å². The Labute approximate surface area is 465 Å². The highest BCUT2D eigenvalue weighted by Crippen LogP contribution is 2.32. The van der Waals surface area contributed by atoms with Crippen LogP contribution >= 0.6 is 22.7 Å². The molecule has 22 heteroatoms. The normalized spacial score (nSPS) is 16.1. The van der Waals surface area contributed by atoms with Crippen molar-refractivity contribution in [1.29, 1.82) is 0 Å². The summed E-state index contributed by atoms with van der Waals surface area (Å²) in [5, 5.41) is 9.30. The molecule has 4 aliphatic rings. The zero-order chi connectivity index (χ0) is 54.3. The van der Waals surface area contributed by atoms with Crippen molar-refractivity contribution < 1.29 is 28.5 Å². The lowest BCUT2D eigenvalue weighted by Gasteiger charge is -2.39. The highest BCUT2D eigenvalue weighted by atomic mass is 32.1. The van der Waals surface area contributed by atoms with E-state index < -0.39 is 5.60 Å². The summed E-state index contributed by atoms with van der Waals surface area (Å²) in [6, 6.07) is 15.0. The second-order valence-electron chi connectivity index (χ2n) is 20.9. The fraction of sp³-hybridized carbons (Fsp3) is 0.421. The number of nitrogens with zero attached hydrogens (tertiary/aromatic N) is 11. The molecule has 8 aromatic rings. The van der Waals surface area contributed by atoms with Crippen molar-refractivity contribution in [1.82, 2.24) is 59.1 Å². The molecule has 79 heavy (non-hydrogen) atoms. The van der Waals surface area contributed by atoms with E-state index in [-0.39, 0.29) is 23.3 Å². The first-order valence-electron chi connectivity index (χ1n) is 26.9. The van der Waals surface area contributed by atoms with Crippen molar-refractivity contribution in [2.24, 2.45) is 0 Å². The molecule has 1 amide bonds. The van der Waals surface area contributed by atoms with E-state index in [9.17, 15) is 14.4 Å². The fourth-order valence-corrected chi connectivity index (χ4v) is 11.5. The van der Waals surface area contributed by atoms with Crippen molar-refractivity contribution in [3.63, 3.8) is 0 Å². The van der Waals surface area contributed by atoms with E-state index in [2.05, 4.69) is 45.0 Å². The Bertz CT molecular complexity index is 3500. The van der Waals surface area contributed by atoms with Gasteiger partial charge in [0.1, 0.15) is 42.0 Å². The lowest BCUT2D eigenvalue weighted by atomic mass is 10.0. The molecule has 0 saturated carbocycles. The van der Waals surface area contributed by atoms with Gasteiger partial charge in [0.15, 0.2) is 23.0 Å². The number of thiazole rings is 2. The molecule has 0 aliphatic carbocycles. The van der Waals surface area contributed by atoms with Gasteiger partial charge >= 0.3 is 6.09 Å². The predicted octanol–water partition coefficient (Wildman–Crippen LogP) is 7.53. The van der Waals surface area contributed by atoms with Crippen LogP contribution in [0.4, 0.5) is 4.79 Å². The maximum Gasteiger partial charge on any atom is 0.410 e. The van der Waals surface area contributed by atoms with Gasteiger partial charge in [0.2, 0.25) is 0 Å². The standard InChI is InChI=1S/C31H36N6O5S.C26H28N6O3S/c1-31(2,3)42-30(39)37(20-22-17-26-27(19-33-22)41-14-13-40-26)23-6-9-35(10-7-23)11-12-36-25-16-21(29-32-8-15-43-29)18-34-24(25)4-5-28(36)38;33-25-2-1-21-22(13-18(15-30-21)26-27-5-12-36-26)32(25)9-8-31-6-3-19(4-7-31)28-16-20-14-23-24(17-29-20)35-11-10-34-23/h4-5,8,15-19,23H,6-7,9-14,20H2,1-3H3;1-2,5,12-15,17,19,28H,3-4,6-11,16H2. The number of carbonyl (C=O) groups excluding carboxylic acids is 1. The minimum atomic E-state index is -0.615. The number of amides is 1. The van der Waals surface area contributed by atoms with Crippen molar-refractivity contribution in [2.75, 3.05) is 65.7 Å². The van der Waals surface area contributed by atoms with Gasteiger partial charge in [-0.3, -0.25) is 34.4 Å². The van der Waals surface area contributed by atoms with Crippen LogP contribution < -0.4 is 35.4 Å². The van der Waals surface area contributed by atoms with E-state index in [0.717, 1.165) is 125 Å². The van der Waals surface area contributed by atoms with E-state index >= 15 is 0 Å². The number of likely N-dealkylation sites (tertiary alicyclic amines) is 2. The smallest absolute Gasteiger partial charge is 0.410 e. The molecule has 0 spiro atoms. The zero-order valence-electron chi connectivity index (χ0n) is 44.6. The van der Waals surface area contributed by atoms with Crippen LogP contribution in [-0.2, 0) is 30.9 Å². The molecule has 0 aromatic carbocycles. The highest BCUT2D eigenvalue weighted by Gasteiger charge is 2.32. The maximum atomic E-state index is 13.4. The molecule has 2 fully saturated rings. The van der Waals surface area contributed by atoms with Crippen LogP contribution in [0.5, 0.6) is 23.0 Å². The third-order valence-corrected chi connectivity index (χ3v) is 16.0. The second-order valence-corrected chi connectivity index (χ2v) is 22.7. The molecular weight excluding hydrogens is 1040 g/mol. The SMILES string of the molecule is CC(C)(C)OC(=O)N(Cc1cc2c(cn1)OCCO2)C1CCN(CCn2c(=O)ccc3ncc(-c4nccs4)cc32)CC1.O=c1ccc2ncc(-c3nccs3)cc2n1CCN1CCC(NCc2cc3c(cn2)OCCO3)CC1. The summed E-state index contributed by atoms with van der Waals surface area (Å²) in [6.07, 6.45) is 13.9. The first kappa shape index (κ1) is 53.6. The fourth-order valence-electron chi connectivity index (χ4n) is 10.3. The number of nitrogens with one attached hydrogen (secondary N) is 1. The highest BCUT2D eigenvalue weighted by molar-refractivity contribution is 7.13. The van der Waals surface area contributed by atoms with Gasteiger partial charge in [0.25, 0.3) is 11.1 Å². The first-order valence-corrected chi connectivity index (χ1v) is 28.7. The Morgan fingerprint density at radius 2 is 1.11 bits per heavy atom. The summed E-state index contributed by atoms with van der Waals surface area (Å²) in [5.74, 6) is 2.76. The minimum absolute atomic E-state index is 0.00377. The van der Waals surface area contributed by atoms with E-state index in [1.807, 2.05) is 66.6 Å². The van der Waals surface area contributed by atoms with Crippen LogP contribution in [0.25, 0.3) is 43.2 Å². The Morgan fingerprint density at radius 3 is 1.62 bits per heavy atom. The number of aromatic nitrogens is 8. The number of ether oxygens (including phenoxy) is 5. The van der Waals surface area contributed by atoms with Gasteiger partial charge in [-0.25, -0.2) is 14.8 Å². The summed E-state index contributed by atoms with van der Waals surface area (Å²) >= 11 is 3.12. The number of fused-ring (bicyclic) bond motifs is 4. The number of rotatable bonds is 14. The zero-order valence-corrected chi connectivity index (χ0v) is 46.3. The van der Waals surface area contributed by atoms with Crippen LogP contribution in [0, 0.1) is 0 Å². The van der Waals surface area contributed by atoms with Crippen molar-refractivity contribution in [3.8, 4) is 44.1 Å². The average Bonchev–Trinajstić information content (AvgIpc) is 4.23. The Hall–Kier alpha value is -7.37. The molecule has 8 aromatic heterocycles. The molecule has 1 N–H and O–H groups in total. The molecule has 20 nitrogen and oxygen atoms in total. The van der Waals surface area contributed by atoms with E-state index in [1.54, 1.807) is 87.4 Å². The number of pyridine rings is 6. The Kier molecular flexibility index (Phi) is 16.5. The summed E-state index contributed by atoms with van der Waals surface area (Å²) in [6.45, 7) is 15.1. The molecule has 4 aliphatic heterocycles. The number of hydrogen-bond acceptors (Lipinski definition) is 19. The number of carbonyl (C=O) groups is 1. The van der Waals surface area contributed by atoms with Gasteiger partial charge in [-0.05, 0) is 83.8 Å². The molecular formula is C57H64N12O8S2. The lowest BCUT2D eigenvalue weighted by Crippen LogP contribution is -2.49. The van der Waals surface area contributed by atoms with Gasteiger partial charge in [-0.2, -0.15) is 0 Å². The van der Waals surface area contributed by atoms with E-state index in [0.29, 0.717) is 76.7 Å². The Balaban J connectivity index is 0.000000170. The number of hydrogen-bond donors (Lipinski definition) is 1. The largest absolute Gasteiger partial charge is 0.486 e. The van der Waals surface area contributed by atoms with Crippen molar-refractivity contribution in [3.05, 3.63) is 129 Å². The van der Waals surface area contributed by atoms with Crippen LogP contribution in [-0.4, -0.2) is 143 Å². The second kappa shape index (κ2) is 24.3. The molecule has 12 rings (SSSR count). The topological polar surface area (TPSA) is 206 Å². The molecule has 0 radical (unpaired) electrons. The molecule has 2 saturated heterocycles. The van der Waals surface area contributed by atoms with Gasteiger partial charge in [0, 0.05) is 129 Å². The third-order valence-electron chi connectivity index (χ3n) is 14.4. The van der Waals surface area contributed by atoms with Gasteiger partial charge in [-0.1, -0.05) is 0 Å². The predicted molar refractivity (Wildman–Crippen MR) is 302 cm³/mol. The van der Waals surface area contributed by atoms with Crippen molar-refractivity contribution >= 4 is 50.8 Å². The lowest BCUT2D eigenvalue weighted by molar-refractivity contribution is 0.00528. The van der Waals surface area contributed by atoms with E-state index in [1.165, 1.54) is 0 Å². The summed E-state index contributed by atoms with van der Waals surface area (Å²) in [5.41, 5.74) is 6.13. The monoisotopic (exact) mass is 1110 g/mol. The Morgan fingerprint density at radius 1 is 0.620 bits per heavy atom. The van der Waals surface area contributed by atoms with Gasteiger partial charge in [-0.15, -0.1) is 22.7 Å². The third kappa shape index (κ3) is 13.2. The maximum absolute atomic E-state index is 13.4. The van der Waals surface area contributed by atoms with Crippen molar-refractivity contribution in [2.45, 2.75) is 90.3 Å². The van der Waals surface area contributed by atoms with Crippen LogP contribution in [0.15, 0.2) is 106 Å². The van der Waals surface area contributed by atoms with Gasteiger partial charge < -0.3 is 47.9 Å². The molecule has 12 heterocycles.